The molecule has 0 bridgehead atoms. The van der Waals surface area contributed by atoms with E-state index in [-0.39, 0.29) is 0 Å². The Labute approximate surface area is 53.4 Å². The van der Waals surface area contributed by atoms with Gasteiger partial charge in [0.05, 0.1) is 0 Å². The Hall–Kier alpha value is -1.38. The van der Waals surface area contributed by atoms with Gasteiger partial charge in [-0.05, 0) is 12.1 Å². The zero-order valence-corrected chi connectivity index (χ0v) is 4.99. The zero-order valence-electron chi connectivity index (χ0n) is 4.99. The van der Waals surface area contributed by atoms with Crippen molar-refractivity contribution in [2.75, 3.05) is 5.84 Å². The molecule has 1 aromatic rings. The van der Waals surface area contributed by atoms with Crippen LogP contribution in [0.2, 0.25) is 0 Å². The highest BCUT2D eigenvalue weighted by atomic mass is 15.4. The summed E-state index contributed by atoms with van der Waals surface area (Å²) < 4.78 is 0. The van der Waals surface area contributed by atoms with Gasteiger partial charge in [0.1, 0.15) is 0 Å². The van der Waals surface area contributed by atoms with Crippen LogP contribution in [0.5, 0.6) is 0 Å². The second-order valence-electron chi connectivity index (χ2n) is 1.62. The van der Waals surface area contributed by atoms with E-state index in [2.05, 4.69) is 5.10 Å². The average molecular weight is 123 g/mol. The number of aromatic nitrogens is 2. The van der Waals surface area contributed by atoms with Crippen LogP contribution in [0.3, 0.4) is 0 Å². The number of H-pyrrole nitrogens is 1. The van der Waals surface area contributed by atoms with Crippen LogP contribution >= 0.6 is 0 Å². The van der Waals surface area contributed by atoms with Crippen LogP contribution in [-0.2, 0) is 0 Å². The third kappa shape index (κ3) is 1.90. The first-order valence-electron chi connectivity index (χ1n) is 2.70. The third-order valence-electron chi connectivity index (χ3n) is 0.900. The maximum Gasteiger partial charge on any atom is 0.0443 e. The van der Waals surface area contributed by atoms with Crippen LogP contribution in [0.1, 0.15) is 0 Å². The number of nitrogens with two attached hydrogens (primary N) is 1. The van der Waals surface area contributed by atoms with Gasteiger partial charge in [-0.3, -0.25) is 5.10 Å². The third-order valence-corrected chi connectivity index (χ3v) is 0.900. The van der Waals surface area contributed by atoms with Crippen molar-refractivity contribution in [2.45, 2.75) is 0 Å². The summed E-state index contributed by atoms with van der Waals surface area (Å²) in [5.41, 5.74) is 0. The molecule has 3 heteroatoms. The largest absolute Gasteiger partial charge is 0.325 e. The van der Waals surface area contributed by atoms with Crippen molar-refractivity contribution >= 4 is 0 Å². The fourth-order valence-electron chi connectivity index (χ4n) is 0.498. The minimum atomic E-state index is 1.38. The monoisotopic (exact) mass is 123 g/mol. The maximum absolute atomic E-state index is 5.35. The molecule has 0 amide bonds. The van der Waals surface area contributed by atoms with Gasteiger partial charge in [-0.25, -0.2) is 4.79 Å². The molecule has 0 aromatic carbocycles. The number of hydrogen-bond acceptors (Lipinski definition) is 1. The highest BCUT2D eigenvalue weighted by molar-refractivity contribution is 4.89. The summed E-state index contributed by atoms with van der Waals surface area (Å²) in [4.78, 5) is 1.38. The van der Waals surface area contributed by atoms with Gasteiger partial charge >= 0.3 is 0 Å². The zero-order chi connectivity index (χ0) is 6.53. The average Bonchev–Trinajstić information content (AvgIpc) is 1.79. The molecule has 0 unspecified atom stereocenters. The summed E-state index contributed by atoms with van der Waals surface area (Å²) in [5.74, 6) is 5.35. The molecule has 0 saturated heterocycles. The van der Waals surface area contributed by atoms with Crippen molar-refractivity contribution in [1.29, 1.82) is 0 Å². The molecule has 3 N–H and O–H groups in total. The molecule has 0 radical (unpaired) electrons. The van der Waals surface area contributed by atoms with E-state index in [0.29, 0.717) is 0 Å². The number of hydrogen-bond donors (Lipinski definition) is 2. The van der Waals surface area contributed by atoms with E-state index >= 15 is 0 Å². The van der Waals surface area contributed by atoms with Crippen molar-refractivity contribution < 1.29 is 0 Å². The molecule has 1 heterocycles. The Morgan fingerprint density at radius 1 is 1.11 bits per heavy atom. The number of nitrogen functional groups attached to an aromatic ring is 1. The summed E-state index contributed by atoms with van der Waals surface area (Å²) >= 11 is 0. The lowest BCUT2D eigenvalue weighted by molar-refractivity contribution is 0.805. The second kappa shape index (κ2) is 2.81. The Morgan fingerprint density at radius 2 is 1.89 bits per heavy atom. The summed E-state index contributed by atoms with van der Waals surface area (Å²) in [7, 11) is 0. The van der Waals surface area contributed by atoms with Gasteiger partial charge in [-0.15, -0.1) is 0 Å². The van der Waals surface area contributed by atoms with Crippen LogP contribution < -0.4 is 5.84 Å². The van der Waals surface area contributed by atoms with Crippen LogP contribution in [-0.4, -0.2) is 9.89 Å². The van der Waals surface area contributed by atoms with Gasteiger partial charge in [-0.1, -0.05) is 12.1 Å². The van der Waals surface area contributed by atoms with Crippen molar-refractivity contribution in [3.8, 4) is 0 Å². The van der Waals surface area contributed by atoms with E-state index < -0.39 is 0 Å². The lowest BCUT2D eigenvalue weighted by Gasteiger charge is -1.91. The Kier molecular flexibility index (Phi) is 1.80. The summed E-state index contributed by atoms with van der Waals surface area (Å²) in [6, 6.07) is 7.52. The molecule has 0 saturated carbocycles. The van der Waals surface area contributed by atoms with E-state index in [0.717, 1.165) is 0 Å². The lowest BCUT2D eigenvalue weighted by atomic mass is 10.5. The number of aromatic amines is 1. The molecule has 0 aliphatic heterocycles. The van der Waals surface area contributed by atoms with Gasteiger partial charge < -0.3 is 5.84 Å². The molecule has 9 heavy (non-hydrogen) atoms. The smallest absolute Gasteiger partial charge is 0.0443 e. The molecule has 0 aliphatic rings. The number of nitrogens with zero attached hydrogens (tertiary/aromatic N) is 1. The predicted molar refractivity (Wildman–Crippen MR) is 36.6 cm³/mol. The number of rotatable bonds is 0. The molecule has 1 aromatic heterocycles. The van der Waals surface area contributed by atoms with E-state index in [1.54, 1.807) is 12.4 Å². The van der Waals surface area contributed by atoms with Gasteiger partial charge in [0.2, 0.25) is 0 Å². The quantitative estimate of drug-likeness (QED) is 0.489. The molecular formula is C6H9N3. The first kappa shape index (κ1) is 5.75. The summed E-state index contributed by atoms with van der Waals surface area (Å²) in [6.07, 6.45) is 3.47. The number of nitrogens with one attached hydrogen (secondary N) is 1. The van der Waals surface area contributed by atoms with Gasteiger partial charge in [0.15, 0.2) is 0 Å². The lowest BCUT2D eigenvalue weighted by Crippen LogP contribution is -2.09. The molecule has 0 fully saturated rings. The highest BCUT2D eigenvalue weighted by Gasteiger charge is 1.64. The van der Waals surface area contributed by atoms with E-state index in [1.807, 2.05) is 24.3 Å². The summed E-state index contributed by atoms with van der Waals surface area (Å²) in [6.45, 7) is 0. The highest BCUT2D eigenvalue weighted by Crippen LogP contribution is 1.74. The Morgan fingerprint density at radius 3 is 2.78 bits per heavy atom. The molecular weight excluding hydrogens is 114 g/mol. The minimum absolute atomic E-state index is 1.38. The standard InChI is InChI=1S/C6H9N3/c7-9-6-4-2-1-3-5-8-9/h1-6,8H,7H2. The van der Waals surface area contributed by atoms with E-state index in [4.69, 9.17) is 5.84 Å². The maximum atomic E-state index is 5.35. The topological polar surface area (TPSA) is 46.7 Å². The van der Waals surface area contributed by atoms with Crippen LogP contribution in [0.4, 0.5) is 0 Å². The molecule has 0 spiro atoms. The van der Waals surface area contributed by atoms with Crippen LogP contribution in [0, 0.1) is 0 Å². The van der Waals surface area contributed by atoms with E-state index in [1.165, 1.54) is 4.79 Å². The Balaban J connectivity index is 3.08. The molecule has 3 nitrogen and oxygen atoms in total. The normalized spacial score (nSPS) is 8.44. The second-order valence-corrected chi connectivity index (χ2v) is 1.62. The van der Waals surface area contributed by atoms with Crippen molar-refractivity contribution in [3.63, 3.8) is 0 Å². The molecule has 0 aliphatic carbocycles. The Bertz CT molecular complexity index is 190. The predicted octanol–water partition coefficient (Wildman–Crippen LogP) is 0.654. The molecule has 48 valence electrons. The fourth-order valence-corrected chi connectivity index (χ4v) is 0.498. The molecule has 0 atom stereocenters. The van der Waals surface area contributed by atoms with Gasteiger partial charge in [0, 0.05) is 12.4 Å². The van der Waals surface area contributed by atoms with E-state index in [9.17, 15) is 0 Å². The molecule has 1 rings (SSSR count). The van der Waals surface area contributed by atoms with Crippen molar-refractivity contribution in [3.05, 3.63) is 36.7 Å². The van der Waals surface area contributed by atoms with Crippen molar-refractivity contribution in [2.24, 2.45) is 0 Å². The van der Waals surface area contributed by atoms with Crippen LogP contribution in [0.25, 0.3) is 0 Å². The van der Waals surface area contributed by atoms with Crippen LogP contribution in [0.15, 0.2) is 36.7 Å². The first-order chi connectivity index (χ1) is 4.39. The summed E-state index contributed by atoms with van der Waals surface area (Å²) in [5, 5.41) is 2.78. The fraction of sp³-hybridized carbons (Fsp3) is 0. The minimum Gasteiger partial charge on any atom is -0.325 e. The van der Waals surface area contributed by atoms with Gasteiger partial charge in [-0.2, -0.15) is 0 Å². The first-order valence-corrected chi connectivity index (χ1v) is 2.70. The SMILES string of the molecule is Nn1cccccc[nH]1. The van der Waals surface area contributed by atoms with Crippen molar-refractivity contribution in [1.82, 2.24) is 9.89 Å². The van der Waals surface area contributed by atoms with Gasteiger partial charge in [0.25, 0.3) is 0 Å².